The second kappa shape index (κ2) is 39.5. The van der Waals surface area contributed by atoms with Gasteiger partial charge >= 0.3 is 33.3 Å². The molecule has 8 N–H and O–H groups in total. The quantitative estimate of drug-likeness (QED) is 0.0106. The highest BCUT2D eigenvalue weighted by molar-refractivity contribution is 7.61. The van der Waals surface area contributed by atoms with Crippen molar-refractivity contribution in [2.24, 2.45) is 0 Å². The highest BCUT2D eigenvalue weighted by Crippen LogP contribution is 2.60. The van der Waals surface area contributed by atoms with Crippen LogP contribution in [0.2, 0.25) is 0 Å². The number of unbranched alkanes of at least 4 members (excludes halogenated alkanes) is 13. The fraction of sp³-hybridized carbons (Fsp3) is 0.654. The first-order valence-corrected chi connectivity index (χ1v) is 29.2. The van der Waals surface area contributed by atoms with E-state index in [2.05, 4.69) is 53.5 Å². The summed E-state index contributed by atoms with van der Waals surface area (Å²) in [6.07, 6.45) is 33.1. The molecule has 2 unspecified atom stereocenters. The van der Waals surface area contributed by atoms with Crippen LogP contribution in [0.4, 0.5) is 5.82 Å². The Labute approximate surface area is 437 Å². The van der Waals surface area contributed by atoms with Crippen molar-refractivity contribution in [1.29, 1.82) is 0 Å². The molecular weight excluding hydrogens is 1000 g/mol. The highest BCUT2D eigenvalue weighted by atomic mass is 31.3. The molecule has 420 valence electrons. The summed E-state index contributed by atoms with van der Waals surface area (Å²) in [5, 5.41) is 41.4. The highest BCUT2D eigenvalue weighted by Gasteiger charge is 2.46. The van der Waals surface area contributed by atoms with Crippen LogP contribution in [-0.2, 0) is 46.3 Å². The smallest absolute Gasteiger partial charge is 0.462 e. The van der Waals surface area contributed by atoms with Gasteiger partial charge in [-0.15, -0.1) is 0 Å². The Balaban J connectivity index is 1.87. The summed E-state index contributed by atoms with van der Waals surface area (Å²) in [7, 11) is -11.0. The van der Waals surface area contributed by atoms with E-state index in [0.717, 1.165) is 87.8 Å². The van der Waals surface area contributed by atoms with Crippen molar-refractivity contribution in [2.45, 2.75) is 198 Å². The molecule has 9 atom stereocenters. The molecule has 0 aromatic carbocycles. The number of hydrogen-bond donors (Lipinski definition) is 7. The largest absolute Gasteiger partial charge is 0.481 e. The van der Waals surface area contributed by atoms with Crippen LogP contribution in [0.1, 0.15) is 161 Å². The maximum Gasteiger partial charge on any atom is 0.481 e. The van der Waals surface area contributed by atoms with Gasteiger partial charge in [0.2, 0.25) is 0 Å². The standard InChI is InChI=1S/C52H85N3O17P2/c1-3-5-7-9-11-12-13-14-15-16-17-18-19-20-21-23-29-35-47(58)67-39-44(70-48(59)36-30-34-43(57)33-28-25-24-27-32-42(56)31-26-22-10-8-6-4-2)40-68-73(63,64)72-74(65,66)69-41-45-49(60)50(61)51(71-45)55-38-37-46(53)54-52(55)62/h11-12,14-15,22,24-28,32-33,37-38,42-45,49-51,56-57,60-61H,3-10,13,16-21,23,29-31,34-36,39-41H2,1-2H3,(H,63,64)(H,65,66)(H2,53,54,62)/b12-11-,15-14-,25-24+,26-22-,32-27+,33-28-/t42-,43-,44+,45+,49+,50+,51+/m0/s1. The van der Waals surface area contributed by atoms with Gasteiger partial charge in [0.15, 0.2) is 12.3 Å². The third-order valence-electron chi connectivity index (χ3n) is 11.5. The molecule has 1 saturated heterocycles. The summed E-state index contributed by atoms with van der Waals surface area (Å²) in [6.45, 7) is 1.82. The summed E-state index contributed by atoms with van der Waals surface area (Å²) in [5.41, 5.74) is 4.56. The first kappa shape index (κ1) is 66.2. The number of nitrogens with two attached hydrogens (primary N) is 1. The van der Waals surface area contributed by atoms with Crippen LogP contribution in [0.3, 0.4) is 0 Å². The van der Waals surface area contributed by atoms with Gasteiger partial charge in [-0.2, -0.15) is 9.29 Å². The zero-order chi connectivity index (χ0) is 54.5. The minimum absolute atomic E-state index is 0.0620. The fourth-order valence-electron chi connectivity index (χ4n) is 7.30. The number of hydrogen-bond acceptors (Lipinski definition) is 17. The van der Waals surface area contributed by atoms with Gasteiger partial charge in [0.05, 0.1) is 25.4 Å². The zero-order valence-electron chi connectivity index (χ0n) is 43.3. The van der Waals surface area contributed by atoms with Gasteiger partial charge in [-0.3, -0.25) is 23.2 Å². The van der Waals surface area contributed by atoms with Gasteiger partial charge in [-0.1, -0.05) is 145 Å². The van der Waals surface area contributed by atoms with Crippen LogP contribution in [0.5, 0.6) is 0 Å². The van der Waals surface area contributed by atoms with Crippen LogP contribution >= 0.6 is 15.6 Å². The van der Waals surface area contributed by atoms with Crippen molar-refractivity contribution in [3.8, 4) is 0 Å². The lowest BCUT2D eigenvalue weighted by Gasteiger charge is -2.21. The van der Waals surface area contributed by atoms with Crippen LogP contribution in [0.25, 0.3) is 0 Å². The van der Waals surface area contributed by atoms with Crippen molar-refractivity contribution in [2.75, 3.05) is 25.6 Å². The SMILES string of the molecule is CCCCC/C=C\C/C=C\CCCCCCCCCC(=O)OC[C@H](COP(=O)(O)OP(=O)(O)OC[C@H]1O[C@@H](n2ccc(N)nc2=O)[C@H](O)[C@@H]1O)OC(=O)CCC[C@@H](O)\C=C/C=C/C=C/[C@@H](O)C/C=C\CCCCC. The topological polar surface area (TPSA) is 306 Å². The average Bonchev–Trinajstić information content (AvgIpc) is 3.63. The molecule has 1 aromatic heterocycles. The monoisotopic (exact) mass is 1090 g/mol. The number of anilines is 1. The number of nitrogen functional groups attached to an aromatic ring is 1. The van der Waals surface area contributed by atoms with Crippen LogP contribution < -0.4 is 11.4 Å². The predicted octanol–water partition coefficient (Wildman–Crippen LogP) is 8.83. The maximum absolute atomic E-state index is 12.9. The molecular formula is C52H85N3O17P2. The summed E-state index contributed by atoms with van der Waals surface area (Å²) in [5.74, 6) is -1.57. The zero-order valence-corrected chi connectivity index (χ0v) is 45.1. The first-order chi connectivity index (χ1) is 35.5. The summed E-state index contributed by atoms with van der Waals surface area (Å²) < 4.78 is 56.6. The van der Waals surface area contributed by atoms with E-state index in [1.807, 2.05) is 6.08 Å². The van der Waals surface area contributed by atoms with E-state index >= 15 is 0 Å². The Morgan fingerprint density at radius 2 is 1.30 bits per heavy atom. The predicted molar refractivity (Wildman–Crippen MR) is 282 cm³/mol. The van der Waals surface area contributed by atoms with E-state index in [1.165, 1.54) is 37.8 Å². The van der Waals surface area contributed by atoms with Crippen molar-refractivity contribution in [1.82, 2.24) is 9.55 Å². The third kappa shape index (κ3) is 31.9. The van der Waals surface area contributed by atoms with E-state index in [9.17, 15) is 53.7 Å². The van der Waals surface area contributed by atoms with Crippen molar-refractivity contribution >= 4 is 33.4 Å². The van der Waals surface area contributed by atoms with E-state index in [-0.39, 0.29) is 31.5 Å². The lowest BCUT2D eigenvalue weighted by Crippen LogP contribution is -2.36. The summed E-state index contributed by atoms with van der Waals surface area (Å²) >= 11 is 0. The molecule has 0 saturated carbocycles. The van der Waals surface area contributed by atoms with Crippen LogP contribution in [0.15, 0.2) is 90.0 Å². The number of phosphoric ester groups is 2. The van der Waals surface area contributed by atoms with Gasteiger partial charge in [0, 0.05) is 19.0 Å². The number of allylic oxidation sites excluding steroid dienone is 9. The molecule has 22 heteroatoms. The molecule has 0 radical (unpaired) electrons. The molecule has 0 amide bonds. The Hall–Kier alpha value is -3.88. The number of carbonyl (C=O) groups excluding carboxylic acids is 2. The summed E-state index contributed by atoms with van der Waals surface area (Å²) in [6, 6.07) is 1.23. The van der Waals surface area contributed by atoms with E-state index in [4.69, 9.17) is 29.0 Å². The molecule has 74 heavy (non-hydrogen) atoms. The van der Waals surface area contributed by atoms with Crippen LogP contribution in [-0.4, -0.2) is 108 Å². The molecule has 2 rings (SSSR count). The number of esters is 2. The normalized spacial score (nSPS) is 20.3. The minimum Gasteiger partial charge on any atom is -0.462 e. The van der Waals surface area contributed by atoms with Gasteiger partial charge in [-0.25, -0.2) is 13.9 Å². The number of aliphatic hydroxyl groups excluding tert-OH is 4. The number of carbonyl (C=O) groups is 2. The number of phosphoric acid groups is 2. The van der Waals surface area contributed by atoms with Crippen molar-refractivity contribution in [3.63, 3.8) is 0 Å². The van der Waals surface area contributed by atoms with Gasteiger partial charge in [0.25, 0.3) is 0 Å². The molecule has 1 aliphatic heterocycles. The molecule has 1 aliphatic rings. The van der Waals surface area contributed by atoms with Crippen LogP contribution in [0, 0.1) is 0 Å². The molecule has 2 heterocycles. The lowest BCUT2D eigenvalue weighted by atomic mass is 10.1. The van der Waals surface area contributed by atoms with Crippen molar-refractivity contribution in [3.05, 3.63) is 95.7 Å². The maximum atomic E-state index is 12.9. The van der Waals surface area contributed by atoms with Crippen molar-refractivity contribution < 1.29 is 76.5 Å². The number of nitrogens with zero attached hydrogens (tertiary/aromatic N) is 2. The Bertz CT molecular complexity index is 2060. The van der Waals surface area contributed by atoms with E-state index in [1.54, 1.807) is 30.4 Å². The molecule has 20 nitrogen and oxygen atoms in total. The summed E-state index contributed by atoms with van der Waals surface area (Å²) in [4.78, 5) is 62.0. The molecule has 0 aliphatic carbocycles. The van der Waals surface area contributed by atoms with Gasteiger partial charge in [-0.05, 0) is 76.7 Å². The second-order valence-corrected chi connectivity index (χ2v) is 21.1. The molecule has 1 aromatic rings. The number of rotatable bonds is 42. The Morgan fingerprint density at radius 1 is 0.730 bits per heavy atom. The molecule has 0 spiro atoms. The first-order valence-electron chi connectivity index (χ1n) is 26.2. The Kier molecular flexibility index (Phi) is 35.3. The number of aromatic nitrogens is 2. The third-order valence-corrected chi connectivity index (χ3v) is 14.1. The molecule has 0 bridgehead atoms. The van der Waals surface area contributed by atoms with E-state index < -0.39 is 95.9 Å². The Morgan fingerprint density at radius 3 is 1.93 bits per heavy atom. The lowest BCUT2D eigenvalue weighted by molar-refractivity contribution is -0.161. The minimum atomic E-state index is -5.49. The second-order valence-electron chi connectivity index (χ2n) is 18.1. The van der Waals surface area contributed by atoms with Gasteiger partial charge < -0.3 is 50.2 Å². The molecule has 1 fully saturated rings. The number of aliphatic hydroxyl groups is 4. The fourth-order valence-corrected chi connectivity index (χ4v) is 9.41. The van der Waals surface area contributed by atoms with E-state index in [0.29, 0.717) is 12.8 Å². The number of ether oxygens (including phenoxy) is 3. The van der Waals surface area contributed by atoms with Gasteiger partial charge in [0.1, 0.15) is 30.7 Å². The average molecular weight is 1090 g/mol.